The Kier molecular flexibility index (Phi) is 6.04. The number of ether oxygens (including phenoxy) is 1. The van der Waals surface area contributed by atoms with Crippen LogP contribution in [0.4, 0.5) is 11.4 Å². The quantitative estimate of drug-likeness (QED) is 0.434. The van der Waals surface area contributed by atoms with E-state index in [1.165, 1.54) is 13.3 Å². The normalized spacial score (nSPS) is 11.0. The number of para-hydroxylation sites is 2. The number of nitrogens with zero attached hydrogens (tertiary/aromatic N) is 2. The van der Waals surface area contributed by atoms with Gasteiger partial charge in [0.25, 0.3) is 0 Å². The molecule has 0 spiro atoms. The van der Waals surface area contributed by atoms with Crippen LogP contribution >= 0.6 is 0 Å². The van der Waals surface area contributed by atoms with Gasteiger partial charge < -0.3 is 9.84 Å². The zero-order valence-corrected chi connectivity index (χ0v) is 14.8. The molecule has 6 heteroatoms. The van der Waals surface area contributed by atoms with Crippen molar-refractivity contribution in [3.8, 4) is 11.5 Å². The van der Waals surface area contributed by atoms with Crippen LogP contribution in [0.5, 0.6) is 11.5 Å². The van der Waals surface area contributed by atoms with Gasteiger partial charge in [0.15, 0.2) is 11.5 Å². The van der Waals surface area contributed by atoms with E-state index < -0.39 is 0 Å². The van der Waals surface area contributed by atoms with Gasteiger partial charge >= 0.3 is 0 Å². The zero-order chi connectivity index (χ0) is 18.9. The van der Waals surface area contributed by atoms with E-state index in [4.69, 9.17) is 4.74 Å². The summed E-state index contributed by atoms with van der Waals surface area (Å²) in [5, 5.41) is 18.7. The zero-order valence-electron chi connectivity index (χ0n) is 14.8. The summed E-state index contributed by atoms with van der Waals surface area (Å²) in [6.07, 6.45) is 3.18. The van der Waals surface area contributed by atoms with Crippen LogP contribution in [0.15, 0.2) is 83.0 Å². The van der Waals surface area contributed by atoms with Crippen molar-refractivity contribution in [1.82, 2.24) is 0 Å². The number of hydrazone groups is 2. The molecule has 136 valence electrons. The van der Waals surface area contributed by atoms with Gasteiger partial charge in [-0.3, -0.25) is 10.9 Å². The Morgan fingerprint density at radius 2 is 1.37 bits per heavy atom. The number of phenols is 1. The Hall–Kier alpha value is -3.80. The molecule has 0 aliphatic heterocycles. The van der Waals surface area contributed by atoms with Crippen LogP contribution in [0.25, 0.3) is 0 Å². The average molecular weight is 360 g/mol. The molecule has 0 aliphatic carbocycles. The summed E-state index contributed by atoms with van der Waals surface area (Å²) in [6, 6.07) is 22.6. The highest BCUT2D eigenvalue weighted by molar-refractivity contribution is 5.91. The van der Waals surface area contributed by atoms with Gasteiger partial charge in [-0.25, -0.2) is 0 Å². The summed E-state index contributed by atoms with van der Waals surface area (Å²) in [5.74, 6) is 0.365. The number of rotatable bonds is 7. The number of nitrogens with one attached hydrogen (secondary N) is 2. The molecule has 0 saturated heterocycles. The lowest BCUT2D eigenvalue weighted by Gasteiger charge is -2.08. The number of aromatic hydroxyl groups is 1. The molecule has 3 rings (SSSR count). The topological polar surface area (TPSA) is 78.2 Å². The molecule has 6 nitrogen and oxygen atoms in total. The highest BCUT2D eigenvalue weighted by Crippen LogP contribution is 2.30. The number of anilines is 2. The summed E-state index contributed by atoms with van der Waals surface area (Å²) in [6.45, 7) is 0. The van der Waals surface area contributed by atoms with Gasteiger partial charge in [0.05, 0.1) is 30.9 Å². The van der Waals surface area contributed by atoms with Crippen LogP contribution in [0.1, 0.15) is 11.1 Å². The minimum absolute atomic E-state index is 0.0179. The van der Waals surface area contributed by atoms with Crippen molar-refractivity contribution >= 4 is 23.8 Å². The maximum atomic E-state index is 10.3. The van der Waals surface area contributed by atoms with Gasteiger partial charge in [0.2, 0.25) is 0 Å². The molecule has 27 heavy (non-hydrogen) atoms. The van der Waals surface area contributed by atoms with E-state index in [1.807, 2.05) is 60.7 Å². The minimum Gasteiger partial charge on any atom is -0.504 e. The summed E-state index contributed by atoms with van der Waals surface area (Å²) in [5.41, 5.74) is 8.87. The lowest BCUT2D eigenvalue weighted by molar-refractivity contribution is 0.373. The number of methoxy groups -OCH3 is 1. The van der Waals surface area contributed by atoms with Crippen molar-refractivity contribution in [2.24, 2.45) is 10.2 Å². The van der Waals surface area contributed by atoms with Crippen molar-refractivity contribution in [2.75, 3.05) is 18.0 Å². The summed E-state index contributed by atoms with van der Waals surface area (Å²) in [7, 11) is 1.50. The van der Waals surface area contributed by atoms with Gasteiger partial charge in [0, 0.05) is 5.56 Å². The van der Waals surface area contributed by atoms with Crippen molar-refractivity contribution < 1.29 is 9.84 Å². The van der Waals surface area contributed by atoms with Gasteiger partial charge in [-0.1, -0.05) is 36.4 Å². The van der Waals surface area contributed by atoms with E-state index in [-0.39, 0.29) is 5.75 Å². The molecule has 3 aromatic rings. The van der Waals surface area contributed by atoms with Crippen molar-refractivity contribution in [1.29, 1.82) is 0 Å². The van der Waals surface area contributed by atoms with Crippen LogP contribution < -0.4 is 15.6 Å². The number of benzene rings is 3. The summed E-state index contributed by atoms with van der Waals surface area (Å²) in [4.78, 5) is 0. The maximum absolute atomic E-state index is 10.3. The monoisotopic (exact) mass is 360 g/mol. The molecule has 0 aliphatic rings. The maximum Gasteiger partial charge on any atom is 0.166 e. The molecular formula is C21H20N4O2. The standard InChI is InChI=1S/C21H20N4O2/c1-27-20-13-16(14-22-24-18-8-4-2-5-9-18)12-17(21(20)26)15-23-25-19-10-6-3-7-11-19/h2-15,24-26H,1H3/b22-14?,23-15+. The van der Waals surface area contributed by atoms with Crippen LogP contribution in [0.2, 0.25) is 0 Å². The first-order chi connectivity index (χ1) is 13.3. The van der Waals surface area contributed by atoms with E-state index in [0.717, 1.165) is 16.9 Å². The van der Waals surface area contributed by atoms with E-state index in [0.29, 0.717) is 11.3 Å². The lowest BCUT2D eigenvalue weighted by atomic mass is 10.1. The highest BCUT2D eigenvalue weighted by Gasteiger charge is 2.08. The van der Waals surface area contributed by atoms with Crippen LogP contribution in [-0.2, 0) is 0 Å². The van der Waals surface area contributed by atoms with Gasteiger partial charge in [-0.15, -0.1) is 0 Å². The molecule has 0 aromatic heterocycles. The molecule has 0 amide bonds. The Bertz CT molecular complexity index is 926. The SMILES string of the molecule is COc1cc(C=NNc2ccccc2)cc(/C=N/Nc2ccccc2)c1O. The summed E-state index contributed by atoms with van der Waals surface area (Å²) < 4.78 is 5.24. The third-order valence-electron chi connectivity index (χ3n) is 3.70. The lowest BCUT2D eigenvalue weighted by Crippen LogP contribution is -1.96. The molecule has 0 saturated carbocycles. The molecule has 0 radical (unpaired) electrons. The number of hydrogen-bond acceptors (Lipinski definition) is 6. The fourth-order valence-electron chi connectivity index (χ4n) is 2.36. The van der Waals surface area contributed by atoms with Crippen molar-refractivity contribution in [3.05, 3.63) is 83.9 Å². The van der Waals surface area contributed by atoms with E-state index >= 15 is 0 Å². The van der Waals surface area contributed by atoms with Crippen LogP contribution in [0, 0.1) is 0 Å². The first kappa shape index (κ1) is 18.0. The number of hydrogen-bond donors (Lipinski definition) is 3. The smallest absolute Gasteiger partial charge is 0.166 e. The fourth-order valence-corrected chi connectivity index (χ4v) is 2.36. The van der Waals surface area contributed by atoms with Gasteiger partial charge in [-0.2, -0.15) is 10.2 Å². The Morgan fingerprint density at radius 1 is 0.815 bits per heavy atom. The first-order valence-electron chi connectivity index (χ1n) is 8.35. The van der Waals surface area contributed by atoms with E-state index in [2.05, 4.69) is 21.1 Å². The molecule has 0 bridgehead atoms. The number of phenolic OH excluding ortho intramolecular Hbond substituents is 1. The molecule has 3 N–H and O–H groups in total. The first-order valence-corrected chi connectivity index (χ1v) is 8.35. The average Bonchev–Trinajstić information content (AvgIpc) is 2.71. The largest absolute Gasteiger partial charge is 0.504 e. The Morgan fingerprint density at radius 3 is 1.93 bits per heavy atom. The van der Waals surface area contributed by atoms with Crippen molar-refractivity contribution in [3.63, 3.8) is 0 Å². The minimum atomic E-state index is 0.0179. The van der Waals surface area contributed by atoms with Crippen LogP contribution in [0.3, 0.4) is 0 Å². The molecular weight excluding hydrogens is 340 g/mol. The second-order valence-corrected chi connectivity index (χ2v) is 5.63. The van der Waals surface area contributed by atoms with E-state index in [9.17, 15) is 5.11 Å². The van der Waals surface area contributed by atoms with Gasteiger partial charge in [-0.05, 0) is 42.0 Å². The second-order valence-electron chi connectivity index (χ2n) is 5.63. The van der Waals surface area contributed by atoms with Crippen LogP contribution in [-0.4, -0.2) is 24.6 Å². The molecule has 0 fully saturated rings. The molecule has 0 atom stereocenters. The Labute approximate surface area is 157 Å². The summed E-state index contributed by atoms with van der Waals surface area (Å²) >= 11 is 0. The fraction of sp³-hybridized carbons (Fsp3) is 0.0476. The third-order valence-corrected chi connectivity index (χ3v) is 3.70. The molecule has 3 aromatic carbocycles. The predicted molar refractivity (Wildman–Crippen MR) is 110 cm³/mol. The predicted octanol–water partition coefficient (Wildman–Crippen LogP) is 4.29. The van der Waals surface area contributed by atoms with E-state index in [1.54, 1.807) is 18.3 Å². The molecule has 0 unspecified atom stereocenters. The third kappa shape index (κ3) is 5.09. The Balaban J connectivity index is 1.76. The highest BCUT2D eigenvalue weighted by atomic mass is 16.5. The second kappa shape index (κ2) is 9.05. The van der Waals surface area contributed by atoms with Crippen molar-refractivity contribution in [2.45, 2.75) is 0 Å². The van der Waals surface area contributed by atoms with Gasteiger partial charge in [0.1, 0.15) is 0 Å². The molecule has 0 heterocycles.